The van der Waals surface area contributed by atoms with Crippen LogP contribution in [0.15, 0.2) is 18.3 Å². The molecule has 1 aromatic heterocycles. The molecule has 0 N–H and O–H groups in total. The lowest BCUT2D eigenvalue weighted by molar-refractivity contribution is 0.0320. The number of halogens is 1. The number of hydrogen-bond acceptors (Lipinski definition) is 4. The van der Waals surface area contributed by atoms with Gasteiger partial charge < -0.3 is 9.64 Å². The fourth-order valence-electron chi connectivity index (χ4n) is 2.96. The first kappa shape index (κ1) is 12.8. The lowest BCUT2D eigenvalue weighted by Gasteiger charge is -2.41. The van der Waals surface area contributed by atoms with Crippen molar-refractivity contribution in [2.24, 2.45) is 0 Å². The van der Waals surface area contributed by atoms with Crippen LogP contribution in [0, 0.1) is 5.82 Å². The lowest BCUT2D eigenvalue weighted by atomic mass is 10.1. The number of aromatic nitrogens is 1. The molecule has 0 radical (unpaired) electrons. The van der Waals surface area contributed by atoms with E-state index >= 15 is 0 Å². The van der Waals surface area contributed by atoms with Crippen molar-refractivity contribution in [3.8, 4) is 0 Å². The summed E-state index contributed by atoms with van der Waals surface area (Å²) >= 11 is 0. The number of rotatable bonds is 2. The first-order valence-corrected chi connectivity index (χ1v) is 7.02. The summed E-state index contributed by atoms with van der Waals surface area (Å²) in [7, 11) is 0. The quantitative estimate of drug-likeness (QED) is 0.810. The Morgan fingerprint density at radius 3 is 2.58 bits per heavy atom. The fourth-order valence-corrected chi connectivity index (χ4v) is 2.96. The lowest BCUT2D eigenvalue weighted by Crippen LogP contribution is -2.52. The summed E-state index contributed by atoms with van der Waals surface area (Å²) in [6, 6.07) is 3.76. The minimum atomic E-state index is -0.220. The standard InChI is InChI=1S/C14H20FN3O/c15-13-2-1-5-16-14(13)18-8-6-17(7-9-18)12-3-10-19-11-4-12/h1-2,5,12H,3-4,6-11H2. The van der Waals surface area contributed by atoms with E-state index in [0.717, 1.165) is 52.2 Å². The minimum Gasteiger partial charge on any atom is -0.381 e. The van der Waals surface area contributed by atoms with Crippen molar-refractivity contribution < 1.29 is 9.13 Å². The molecule has 0 unspecified atom stereocenters. The van der Waals surface area contributed by atoms with Crippen LogP contribution >= 0.6 is 0 Å². The summed E-state index contributed by atoms with van der Waals surface area (Å²) < 4.78 is 19.1. The third-order valence-electron chi connectivity index (χ3n) is 4.06. The Hall–Kier alpha value is -1.20. The number of hydrogen-bond donors (Lipinski definition) is 0. The first-order chi connectivity index (χ1) is 9.34. The summed E-state index contributed by atoms with van der Waals surface area (Å²) in [6.07, 6.45) is 3.90. The topological polar surface area (TPSA) is 28.6 Å². The van der Waals surface area contributed by atoms with E-state index in [2.05, 4.69) is 9.88 Å². The van der Waals surface area contributed by atoms with Gasteiger partial charge in [0.15, 0.2) is 11.6 Å². The van der Waals surface area contributed by atoms with Crippen molar-refractivity contribution in [1.82, 2.24) is 9.88 Å². The molecule has 4 nitrogen and oxygen atoms in total. The number of ether oxygens (including phenoxy) is 1. The maximum absolute atomic E-state index is 13.7. The van der Waals surface area contributed by atoms with E-state index in [0.29, 0.717) is 11.9 Å². The summed E-state index contributed by atoms with van der Waals surface area (Å²) in [4.78, 5) is 8.71. The van der Waals surface area contributed by atoms with Gasteiger partial charge in [-0.25, -0.2) is 9.37 Å². The van der Waals surface area contributed by atoms with Crippen molar-refractivity contribution in [1.29, 1.82) is 0 Å². The number of nitrogens with zero attached hydrogens (tertiary/aromatic N) is 3. The summed E-state index contributed by atoms with van der Waals surface area (Å²) in [6.45, 7) is 5.43. The molecule has 19 heavy (non-hydrogen) atoms. The van der Waals surface area contributed by atoms with Gasteiger partial charge in [-0.1, -0.05) is 0 Å². The van der Waals surface area contributed by atoms with Gasteiger partial charge in [0.2, 0.25) is 0 Å². The predicted octanol–water partition coefficient (Wildman–Crippen LogP) is 1.52. The third kappa shape index (κ3) is 2.87. The van der Waals surface area contributed by atoms with Crippen LogP contribution in [0.3, 0.4) is 0 Å². The Labute approximate surface area is 113 Å². The summed E-state index contributed by atoms with van der Waals surface area (Å²) in [5.74, 6) is 0.274. The molecule has 2 fully saturated rings. The van der Waals surface area contributed by atoms with Crippen molar-refractivity contribution >= 4 is 5.82 Å². The molecule has 104 valence electrons. The molecule has 0 bridgehead atoms. The normalized spacial score (nSPS) is 22.7. The minimum absolute atomic E-state index is 0.220. The molecular formula is C14H20FN3O. The Morgan fingerprint density at radius 2 is 1.89 bits per heavy atom. The number of anilines is 1. The molecular weight excluding hydrogens is 245 g/mol. The molecule has 0 saturated carbocycles. The van der Waals surface area contributed by atoms with Gasteiger partial charge >= 0.3 is 0 Å². The summed E-state index contributed by atoms with van der Waals surface area (Å²) in [5.41, 5.74) is 0. The van der Waals surface area contributed by atoms with E-state index in [1.807, 2.05) is 4.90 Å². The van der Waals surface area contributed by atoms with Crippen LogP contribution in [0.5, 0.6) is 0 Å². The zero-order chi connectivity index (χ0) is 13.1. The van der Waals surface area contributed by atoms with E-state index in [-0.39, 0.29) is 5.82 Å². The van der Waals surface area contributed by atoms with Gasteiger partial charge in [0, 0.05) is 51.6 Å². The Balaban J connectivity index is 1.58. The van der Waals surface area contributed by atoms with Crippen LogP contribution in [0.4, 0.5) is 10.2 Å². The average Bonchev–Trinajstić information content (AvgIpc) is 2.49. The van der Waals surface area contributed by atoms with Gasteiger partial charge in [0.1, 0.15) is 0 Å². The van der Waals surface area contributed by atoms with Crippen molar-refractivity contribution in [2.45, 2.75) is 18.9 Å². The van der Waals surface area contributed by atoms with Crippen LogP contribution in [0.1, 0.15) is 12.8 Å². The van der Waals surface area contributed by atoms with Gasteiger partial charge in [-0.15, -0.1) is 0 Å². The largest absolute Gasteiger partial charge is 0.381 e. The molecule has 0 aliphatic carbocycles. The molecule has 3 heterocycles. The highest BCUT2D eigenvalue weighted by Crippen LogP contribution is 2.20. The molecule has 5 heteroatoms. The van der Waals surface area contributed by atoms with Crippen molar-refractivity contribution in [2.75, 3.05) is 44.3 Å². The zero-order valence-electron chi connectivity index (χ0n) is 11.1. The van der Waals surface area contributed by atoms with Crippen LogP contribution in [0.25, 0.3) is 0 Å². The van der Waals surface area contributed by atoms with Gasteiger partial charge in [-0.2, -0.15) is 0 Å². The van der Waals surface area contributed by atoms with E-state index in [1.165, 1.54) is 6.07 Å². The molecule has 0 atom stereocenters. The maximum atomic E-state index is 13.7. The second kappa shape index (κ2) is 5.84. The van der Waals surface area contributed by atoms with E-state index in [1.54, 1.807) is 12.3 Å². The molecule has 0 aromatic carbocycles. The monoisotopic (exact) mass is 265 g/mol. The van der Waals surface area contributed by atoms with Crippen molar-refractivity contribution in [3.05, 3.63) is 24.1 Å². The SMILES string of the molecule is Fc1cccnc1N1CCN(C2CCOCC2)CC1. The van der Waals surface area contributed by atoms with Gasteiger partial charge in [0.05, 0.1) is 0 Å². The second-order valence-electron chi connectivity index (χ2n) is 5.18. The fraction of sp³-hybridized carbons (Fsp3) is 0.643. The molecule has 0 spiro atoms. The average molecular weight is 265 g/mol. The van der Waals surface area contributed by atoms with Gasteiger partial charge in [0.25, 0.3) is 0 Å². The van der Waals surface area contributed by atoms with Crippen LogP contribution < -0.4 is 4.90 Å². The highest BCUT2D eigenvalue weighted by molar-refractivity contribution is 5.40. The van der Waals surface area contributed by atoms with Crippen LogP contribution in [-0.4, -0.2) is 55.3 Å². The second-order valence-corrected chi connectivity index (χ2v) is 5.18. The summed E-state index contributed by atoms with van der Waals surface area (Å²) in [5, 5.41) is 0. The maximum Gasteiger partial charge on any atom is 0.165 e. The highest BCUT2D eigenvalue weighted by Gasteiger charge is 2.26. The molecule has 2 aliphatic heterocycles. The molecule has 0 amide bonds. The number of pyridine rings is 1. The first-order valence-electron chi connectivity index (χ1n) is 7.02. The van der Waals surface area contributed by atoms with Crippen molar-refractivity contribution in [3.63, 3.8) is 0 Å². The van der Waals surface area contributed by atoms with E-state index < -0.39 is 0 Å². The Bertz CT molecular complexity index is 415. The highest BCUT2D eigenvalue weighted by atomic mass is 19.1. The van der Waals surface area contributed by atoms with E-state index in [9.17, 15) is 4.39 Å². The smallest absolute Gasteiger partial charge is 0.165 e. The zero-order valence-corrected chi connectivity index (χ0v) is 11.1. The molecule has 2 saturated heterocycles. The van der Waals surface area contributed by atoms with Crippen LogP contribution in [-0.2, 0) is 4.74 Å². The van der Waals surface area contributed by atoms with Gasteiger partial charge in [-0.05, 0) is 25.0 Å². The van der Waals surface area contributed by atoms with E-state index in [4.69, 9.17) is 4.74 Å². The molecule has 3 rings (SSSR count). The third-order valence-corrected chi connectivity index (χ3v) is 4.06. The Kier molecular flexibility index (Phi) is 3.94. The molecule has 2 aliphatic rings. The number of piperazine rings is 1. The predicted molar refractivity (Wildman–Crippen MR) is 71.8 cm³/mol. The Morgan fingerprint density at radius 1 is 1.16 bits per heavy atom. The van der Waals surface area contributed by atoms with Gasteiger partial charge in [-0.3, -0.25) is 4.90 Å². The van der Waals surface area contributed by atoms with Crippen LogP contribution in [0.2, 0.25) is 0 Å². The molecule has 1 aromatic rings.